The summed E-state index contributed by atoms with van der Waals surface area (Å²) in [5.74, 6) is 1.52. The third kappa shape index (κ3) is 7.63. The van der Waals surface area contributed by atoms with Gasteiger partial charge in [0.05, 0.1) is 30.4 Å². The van der Waals surface area contributed by atoms with Crippen LogP contribution in [0, 0.1) is 32.3 Å². The number of fused-ring (bicyclic) bond motifs is 4. The predicted molar refractivity (Wildman–Crippen MR) is 264 cm³/mol. The van der Waals surface area contributed by atoms with Gasteiger partial charge in [0.2, 0.25) is 0 Å². The first kappa shape index (κ1) is 32.3. The molecule has 0 saturated carbocycles. The van der Waals surface area contributed by atoms with Crippen LogP contribution in [0.1, 0.15) is 51.2 Å². The van der Waals surface area contributed by atoms with E-state index in [0.29, 0.717) is 28.2 Å². The molecular formula is C60H46N4OPt-2. The second-order valence-corrected chi connectivity index (χ2v) is 17.0. The number of aromatic nitrogens is 4. The molecule has 0 atom stereocenters. The zero-order chi connectivity index (χ0) is 52.9. The molecule has 0 aliphatic carbocycles. The van der Waals surface area contributed by atoms with Gasteiger partial charge in [-0.15, -0.1) is 29.7 Å². The van der Waals surface area contributed by atoms with Crippen LogP contribution in [0.4, 0.5) is 0 Å². The number of hydrogen-bond donors (Lipinski definition) is 0. The zero-order valence-corrected chi connectivity index (χ0v) is 38.9. The van der Waals surface area contributed by atoms with Crippen molar-refractivity contribution in [3.05, 3.63) is 223 Å². The number of aryl methyl sites for hydroxylation is 2. The smallest absolute Gasteiger partial charge is 0.268 e. The molecule has 0 N–H and O–H groups in total. The minimum absolute atomic E-state index is 0. The van der Waals surface area contributed by atoms with E-state index in [2.05, 4.69) is 100 Å². The van der Waals surface area contributed by atoms with Crippen molar-refractivity contribution in [1.82, 2.24) is 14.1 Å². The Kier molecular flexibility index (Phi) is 8.44. The molecule has 6 heteroatoms. The van der Waals surface area contributed by atoms with Gasteiger partial charge < -0.3 is 13.9 Å². The van der Waals surface area contributed by atoms with Gasteiger partial charge in [-0.3, -0.25) is 4.57 Å². The number of pyridine rings is 1. The molecule has 3 aromatic heterocycles. The van der Waals surface area contributed by atoms with Gasteiger partial charge in [-0.2, -0.15) is 18.2 Å². The number of imidazole rings is 1. The molecule has 11 aromatic rings. The summed E-state index contributed by atoms with van der Waals surface area (Å²) >= 11 is 0. The Morgan fingerprint density at radius 1 is 0.621 bits per heavy atom. The Bertz CT molecular complexity index is 4030. The van der Waals surface area contributed by atoms with Crippen LogP contribution in [0.2, 0.25) is 0 Å². The Balaban J connectivity index is 0.00000657. The normalized spacial score (nSPS) is 13.7. The van der Waals surface area contributed by atoms with Crippen LogP contribution < -0.4 is 9.30 Å². The molecule has 66 heavy (non-hydrogen) atoms. The Labute approximate surface area is 414 Å². The van der Waals surface area contributed by atoms with Gasteiger partial charge in [-0.1, -0.05) is 160 Å². The van der Waals surface area contributed by atoms with Gasteiger partial charge in [-0.25, -0.2) is 4.98 Å². The summed E-state index contributed by atoms with van der Waals surface area (Å²) in [5, 5.41) is 2.00. The fraction of sp³-hybridized carbons (Fsp3) is 0.100. The van der Waals surface area contributed by atoms with E-state index >= 15 is 0 Å². The maximum atomic E-state index is 9.04. The van der Waals surface area contributed by atoms with Gasteiger partial charge in [0.15, 0.2) is 0 Å². The summed E-state index contributed by atoms with van der Waals surface area (Å²) in [4.78, 5) is 4.93. The summed E-state index contributed by atoms with van der Waals surface area (Å²) < 4.78 is 99.3. The maximum Gasteiger partial charge on any atom is 0.268 e. The minimum Gasteiger partial charge on any atom is -0.510 e. The first-order chi connectivity index (χ1) is 35.8. The molecule has 11 rings (SSSR count). The molecule has 8 aromatic carbocycles. The topological polar surface area (TPSA) is 35.9 Å². The van der Waals surface area contributed by atoms with Crippen LogP contribution in [0.5, 0.6) is 11.5 Å². The fourth-order valence-corrected chi connectivity index (χ4v) is 8.76. The van der Waals surface area contributed by atoms with Crippen molar-refractivity contribution in [2.45, 2.75) is 40.0 Å². The van der Waals surface area contributed by atoms with Crippen LogP contribution in [0.15, 0.2) is 188 Å². The van der Waals surface area contributed by atoms with Crippen LogP contribution in [-0.4, -0.2) is 14.1 Å². The van der Waals surface area contributed by atoms with Gasteiger partial charge in [0, 0.05) is 44.3 Å². The van der Waals surface area contributed by atoms with E-state index in [1.807, 2.05) is 60.8 Å². The van der Waals surface area contributed by atoms with E-state index in [9.17, 15) is 0 Å². The van der Waals surface area contributed by atoms with Crippen LogP contribution in [0.3, 0.4) is 0 Å². The van der Waals surface area contributed by atoms with Crippen molar-refractivity contribution < 1.29 is 44.1 Å². The Hall–Kier alpha value is -7.33. The van der Waals surface area contributed by atoms with E-state index in [-0.39, 0.29) is 54.4 Å². The zero-order valence-electron chi connectivity index (χ0n) is 46.6. The monoisotopic (exact) mass is 1040 g/mol. The van der Waals surface area contributed by atoms with Gasteiger partial charge >= 0.3 is 0 Å². The van der Waals surface area contributed by atoms with Crippen molar-refractivity contribution >= 4 is 32.8 Å². The summed E-state index contributed by atoms with van der Waals surface area (Å²) in [5.41, 5.74) is 9.17. The molecular weight excluding hydrogens is 988 g/mol. The second-order valence-electron chi connectivity index (χ2n) is 17.0. The van der Waals surface area contributed by atoms with E-state index in [0.717, 1.165) is 38.8 Å². The van der Waals surface area contributed by atoms with E-state index in [1.165, 1.54) is 16.7 Å². The van der Waals surface area contributed by atoms with Crippen molar-refractivity contribution in [3.8, 4) is 62.1 Å². The summed E-state index contributed by atoms with van der Waals surface area (Å²) in [7, 11) is 0. The third-order valence-corrected chi connectivity index (χ3v) is 11.8. The molecule has 324 valence electrons. The average molecular weight is 1040 g/mol. The molecule has 0 spiro atoms. The summed E-state index contributed by atoms with van der Waals surface area (Å²) in [6, 6.07) is 40.2. The van der Waals surface area contributed by atoms with Crippen molar-refractivity contribution in [2.75, 3.05) is 0 Å². The van der Waals surface area contributed by atoms with Crippen molar-refractivity contribution in [1.29, 1.82) is 0 Å². The number of para-hydroxylation sites is 3. The van der Waals surface area contributed by atoms with Crippen LogP contribution in [-0.2, 0) is 26.5 Å². The molecule has 0 unspecified atom stereocenters. The van der Waals surface area contributed by atoms with Gasteiger partial charge in [-0.05, 0) is 98.6 Å². The fourth-order valence-electron chi connectivity index (χ4n) is 8.76. The minimum atomic E-state index is -0.573. The van der Waals surface area contributed by atoms with Crippen LogP contribution >= 0.6 is 0 Å². The largest absolute Gasteiger partial charge is 0.510 e. The van der Waals surface area contributed by atoms with Gasteiger partial charge in [0.1, 0.15) is 5.82 Å². The number of rotatable bonds is 8. The maximum absolute atomic E-state index is 9.04. The summed E-state index contributed by atoms with van der Waals surface area (Å²) in [6.45, 7) is 10.8. The van der Waals surface area contributed by atoms with Crippen molar-refractivity contribution in [2.24, 2.45) is 0 Å². The Morgan fingerprint density at radius 3 is 1.98 bits per heavy atom. The molecule has 0 amide bonds. The number of hydrogen-bond acceptors (Lipinski definition) is 2. The number of nitrogens with zero attached hydrogens (tertiary/aromatic N) is 4. The SMILES string of the molecule is [2H]c1c([2H])c([2H])c(-c2cccc(-c3c([2H])c([2H])c([2H])c([2H])c3[2H])c2-[n+]2[c-]n(-c3[c-]c(Oc4[c-]c5c(cc4)c4ccc(-c6c(C)cccc6C)cc4n5-c4cc(C(C)(C)C)ccn4)ccc3)c3ccccc32)c([2H])c1[2H].[Pt]. The third-order valence-electron chi connectivity index (χ3n) is 11.8. The Morgan fingerprint density at radius 2 is 1.27 bits per heavy atom. The van der Waals surface area contributed by atoms with Crippen molar-refractivity contribution in [3.63, 3.8) is 0 Å². The molecule has 0 saturated heterocycles. The van der Waals surface area contributed by atoms with E-state index < -0.39 is 60.4 Å². The molecule has 0 aliphatic rings. The molecule has 0 fully saturated rings. The number of benzene rings is 8. The standard InChI is InChI=1S/C60H46N4O.Pt/c1-40-17-14-18-41(2)58(40)44-29-31-51-52-32-30-48(38-56(52)64(55(51)35-44)57-36-45(33-34-61-57)60(3,4)5)65-47-24-15-23-46(37-47)62-39-63(54-28-13-12-27-53(54)62)59-49(42-19-8-6-9-20-42)25-16-26-50(59)43-21-10-7-11-22-43;/h6-36H,1-5H3;/q-2;/i6D,7D,8D,9D,10D,11D,19D,20D,21D,22D;. The molecule has 5 nitrogen and oxygen atoms in total. The first-order valence-corrected chi connectivity index (χ1v) is 21.3. The second kappa shape index (κ2) is 17.2. The summed E-state index contributed by atoms with van der Waals surface area (Å²) in [6.07, 6.45) is 5.27. The van der Waals surface area contributed by atoms with E-state index in [1.54, 1.807) is 33.4 Å². The first-order valence-electron chi connectivity index (χ1n) is 26.3. The number of ether oxygens (including phenoxy) is 1. The predicted octanol–water partition coefficient (Wildman–Crippen LogP) is 14.5. The van der Waals surface area contributed by atoms with E-state index in [4.69, 9.17) is 23.4 Å². The molecule has 0 radical (unpaired) electrons. The molecule has 0 aliphatic heterocycles. The van der Waals surface area contributed by atoms with Crippen LogP contribution in [0.25, 0.3) is 83.4 Å². The molecule has 0 bridgehead atoms. The average Bonchev–Trinajstić information content (AvgIpc) is 3.99. The van der Waals surface area contributed by atoms with Gasteiger partial charge in [0.25, 0.3) is 6.33 Å². The molecule has 3 heterocycles. The quantitative estimate of drug-likeness (QED) is 0.112.